The standard InChI is InChI=1S/C25H22F3N7O2S/c26-25(27,28)20-3-4-21(31-30-20)34-7-5-16-13-17(1-2-19(16)34)35-15-18(14-22(35)36)32-8-10-33(11-9-32)24(37)23-29-6-12-38-23/h1-7,12-13,18H,8-11,14-15H2. The number of aromatic nitrogens is 4. The van der Waals surface area contributed by atoms with Crippen molar-refractivity contribution in [3.05, 3.63) is 64.9 Å². The summed E-state index contributed by atoms with van der Waals surface area (Å²) >= 11 is 1.33. The van der Waals surface area contributed by atoms with Crippen LogP contribution in [0.15, 0.2) is 54.2 Å². The van der Waals surface area contributed by atoms with Gasteiger partial charge in [-0.3, -0.25) is 19.1 Å². The number of anilines is 1. The number of hydrogen-bond acceptors (Lipinski definition) is 7. The highest BCUT2D eigenvalue weighted by molar-refractivity contribution is 7.11. The SMILES string of the molecule is O=C(c1nccs1)N1CCN(C2CC(=O)N(c3ccc4c(ccn4-c4ccc(C(F)(F)F)nn4)c3)C2)CC1. The van der Waals surface area contributed by atoms with Gasteiger partial charge in [-0.05, 0) is 36.4 Å². The Bertz CT molecular complexity index is 1480. The summed E-state index contributed by atoms with van der Waals surface area (Å²) in [4.78, 5) is 35.5. The fraction of sp³-hybridized carbons (Fsp3) is 0.320. The van der Waals surface area contributed by atoms with Gasteiger partial charge in [0, 0.05) is 74.0 Å². The van der Waals surface area contributed by atoms with Crippen molar-refractivity contribution in [2.24, 2.45) is 0 Å². The first kappa shape index (κ1) is 24.5. The van der Waals surface area contributed by atoms with E-state index in [1.54, 1.807) is 27.2 Å². The molecule has 2 aliphatic heterocycles. The van der Waals surface area contributed by atoms with E-state index in [-0.39, 0.29) is 23.7 Å². The van der Waals surface area contributed by atoms with Crippen LogP contribution in [0.25, 0.3) is 16.7 Å². The minimum atomic E-state index is -4.55. The molecule has 0 N–H and O–H groups in total. The van der Waals surface area contributed by atoms with Gasteiger partial charge in [0.05, 0.1) is 5.52 Å². The molecule has 13 heteroatoms. The van der Waals surface area contributed by atoms with Gasteiger partial charge >= 0.3 is 6.18 Å². The smallest absolute Gasteiger partial charge is 0.334 e. The van der Waals surface area contributed by atoms with Crippen LogP contribution in [0.5, 0.6) is 0 Å². The Hall–Kier alpha value is -3.84. The zero-order chi connectivity index (χ0) is 26.4. The van der Waals surface area contributed by atoms with Gasteiger partial charge in [-0.2, -0.15) is 13.2 Å². The Morgan fingerprint density at radius 1 is 1.03 bits per heavy atom. The number of fused-ring (bicyclic) bond motifs is 1. The lowest BCUT2D eigenvalue weighted by Crippen LogP contribution is -2.52. The van der Waals surface area contributed by atoms with Gasteiger partial charge < -0.3 is 9.80 Å². The summed E-state index contributed by atoms with van der Waals surface area (Å²) in [5, 5.41) is 10.2. The number of hydrogen-bond donors (Lipinski definition) is 0. The molecule has 2 fully saturated rings. The number of halogens is 3. The maximum absolute atomic E-state index is 12.9. The van der Waals surface area contributed by atoms with E-state index in [1.165, 1.54) is 17.4 Å². The van der Waals surface area contributed by atoms with Crippen LogP contribution in [-0.4, -0.2) is 80.1 Å². The maximum Gasteiger partial charge on any atom is 0.435 e. The molecule has 1 unspecified atom stereocenters. The van der Waals surface area contributed by atoms with E-state index in [0.717, 1.165) is 22.7 Å². The third-order valence-electron chi connectivity index (χ3n) is 7.01. The van der Waals surface area contributed by atoms with Crippen LogP contribution in [0.1, 0.15) is 21.9 Å². The zero-order valence-electron chi connectivity index (χ0n) is 20.0. The third kappa shape index (κ3) is 4.52. The number of carbonyl (C=O) groups excluding carboxylic acids is 2. The summed E-state index contributed by atoms with van der Waals surface area (Å²) in [6.45, 7) is 3.12. The number of rotatable bonds is 4. The molecule has 2 aliphatic rings. The number of piperazine rings is 1. The second kappa shape index (κ2) is 9.48. The molecule has 1 aromatic carbocycles. The van der Waals surface area contributed by atoms with Crippen LogP contribution in [0, 0.1) is 0 Å². The lowest BCUT2D eigenvalue weighted by Gasteiger charge is -2.37. The average Bonchev–Trinajstić information content (AvgIpc) is 3.68. The van der Waals surface area contributed by atoms with E-state index in [0.29, 0.717) is 44.2 Å². The molecule has 196 valence electrons. The molecule has 0 spiro atoms. The number of thiazole rings is 1. The lowest BCUT2D eigenvalue weighted by molar-refractivity contribution is -0.141. The minimum Gasteiger partial charge on any atom is -0.334 e. The summed E-state index contributed by atoms with van der Waals surface area (Å²) in [5.41, 5.74) is 0.459. The van der Waals surface area contributed by atoms with Crippen LogP contribution < -0.4 is 4.90 Å². The second-order valence-corrected chi connectivity index (χ2v) is 10.1. The molecule has 6 rings (SSSR count). The van der Waals surface area contributed by atoms with Gasteiger partial charge in [-0.15, -0.1) is 21.5 Å². The summed E-state index contributed by atoms with van der Waals surface area (Å²) in [7, 11) is 0. The minimum absolute atomic E-state index is 0.0312. The molecular weight excluding hydrogens is 519 g/mol. The monoisotopic (exact) mass is 541 g/mol. The average molecular weight is 542 g/mol. The molecule has 5 heterocycles. The van der Waals surface area contributed by atoms with Crippen LogP contribution in [-0.2, 0) is 11.0 Å². The van der Waals surface area contributed by atoms with E-state index in [4.69, 9.17) is 0 Å². The Kier molecular flexibility index (Phi) is 6.11. The van der Waals surface area contributed by atoms with E-state index < -0.39 is 11.9 Å². The molecule has 0 radical (unpaired) electrons. The molecule has 38 heavy (non-hydrogen) atoms. The van der Waals surface area contributed by atoms with Gasteiger partial charge in [0.25, 0.3) is 5.91 Å². The summed E-state index contributed by atoms with van der Waals surface area (Å²) in [6.07, 6.45) is -0.804. The largest absolute Gasteiger partial charge is 0.435 e. The highest BCUT2D eigenvalue weighted by Gasteiger charge is 2.37. The summed E-state index contributed by atoms with van der Waals surface area (Å²) < 4.78 is 40.1. The number of nitrogens with zero attached hydrogens (tertiary/aromatic N) is 7. The van der Waals surface area contributed by atoms with Crippen LogP contribution in [0.2, 0.25) is 0 Å². The van der Waals surface area contributed by atoms with Crippen molar-refractivity contribution < 1.29 is 22.8 Å². The molecule has 2 amide bonds. The maximum atomic E-state index is 12.9. The van der Waals surface area contributed by atoms with Gasteiger partial charge in [-0.25, -0.2) is 4.98 Å². The molecule has 4 aromatic rings. The van der Waals surface area contributed by atoms with Crippen molar-refractivity contribution in [3.63, 3.8) is 0 Å². The molecule has 0 saturated carbocycles. The van der Waals surface area contributed by atoms with E-state index in [9.17, 15) is 22.8 Å². The van der Waals surface area contributed by atoms with Crippen molar-refractivity contribution in [3.8, 4) is 5.82 Å². The summed E-state index contributed by atoms with van der Waals surface area (Å²) in [5.74, 6) is 0.250. The first-order valence-electron chi connectivity index (χ1n) is 12.0. The Balaban J connectivity index is 1.13. The van der Waals surface area contributed by atoms with Gasteiger partial charge in [0.2, 0.25) is 5.91 Å². The quantitative estimate of drug-likeness (QED) is 0.393. The normalized spacial score (nSPS) is 19.0. The highest BCUT2D eigenvalue weighted by Crippen LogP contribution is 2.31. The predicted molar refractivity (Wildman–Crippen MR) is 134 cm³/mol. The zero-order valence-corrected chi connectivity index (χ0v) is 20.8. The van der Waals surface area contributed by atoms with E-state index in [1.807, 2.05) is 29.2 Å². The van der Waals surface area contributed by atoms with Crippen molar-refractivity contribution in [2.45, 2.75) is 18.6 Å². The van der Waals surface area contributed by atoms with Crippen molar-refractivity contribution >= 4 is 39.7 Å². The first-order chi connectivity index (χ1) is 18.3. The van der Waals surface area contributed by atoms with Gasteiger partial charge in [0.1, 0.15) is 0 Å². The Labute approximate surface area is 219 Å². The fourth-order valence-electron chi connectivity index (χ4n) is 5.04. The van der Waals surface area contributed by atoms with Crippen LogP contribution in [0.3, 0.4) is 0 Å². The topological polar surface area (TPSA) is 87.5 Å². The lowest BCUT2D eigenvalue weighted by atomic mass is 10.2. The second-order valence-electron chi connectivity index (χ2n) is 9.23. The molecule has 2 saturated heterocycles. The number of amides is 2. The Morgan fingerprint density at radius 3 is 2.53 bits per heavy atom. The molecule has 9 nitrogen and oxygen atoms in total. The van der Waals surface area contributed by atoms with Crippen LogP contribution >= 0.6 is 11.3 Å². The van der Waals surface area contributed by atoms with E-state index in [2.05, 4.69) is 20.1 Å². The number of alkyl halides is 3. The Morgan fingerprint density at radius 2 is 1.84 bits per heavy atom. The van der Waals surface area contributed by atoms with Crippen molar-refractivity contribution in [1.29, 1.82) is 0 Å². The first-order valence-corrected chi connectivity index (χ1v) is 12.9. The number of benzene rings is 1. The molecule has 0 aliphatic carbocycles. The molecule has 3 aromatic heterocycles. The summed E-state index contributed by atoms with van der Waals surface area (Å²) in [6, 6.07) is 9.63. The molecule has 0 bridgehead atoms. The van der Waals surface area contributed by atoms with Crippen molar-refractivity contribution in [1.82, 2.24) is 29.5 Å². The van der Waals surface area contributed by atoms with Crippen LogP contribution in [0.4, 0.5) is 18.9 Å². The third-order valence-corrected chi connectivity index (χ3v) is 7.77. The molecule has 1 atom stereocenters. The fourth-order valence-corrected chi connectivity index (χ4v) is 5.64. The highest BCUT2D eigenvalue weighted by atomic mass is 32.1. The predicted octanol–water partition coefficient (Wildman–Crippen LogP) is 3.46. The van der Waals surface area contributed by atoms with Gasteiger partial charge in [0.15, 0.2) is 16.5 Å². The number of carbonyl (C=O) groups is 2. The molecular formula is C25H22F3N7O2S. The van der Waals surface area contributed by atoms with Crippen molar-refractivity contribution in [2.75, 3.05) is 37.6 Å². The van der Waals surface area contributed by atoms with E-state index >= 15 is 0 Å². The van der Waals surface area contributed by atoms with Gasteiger partial charge in [-0.1, -0.05) is 0 Å².